The molecule has 0 radical (unpaired) electrons. The van der Waals surface area contributed by atoms with Crippen molar-refractivity contribution in [1.29, 1.82) is 0 Å². The summed E-state index contributed by atoms with van der Waals surface area (Å²) in [4.78, 5) is 14.2. The molecular formula is C19H25F3N2O4. The van der Waals surface area contributed by atoms with Gasteiger partial charge >= 0.3 is 6.18 Å². The molecule has 1 saturated heterocycles. The van der Waals surface area contributed by atoms with Gasteiger partial charge in [-0.05, 0) is 50.6 Å². The first kappa shape index (κ1) is 20.7. The lowest BCUT2D eigenvalue weighted by molar-refractivity contribution is -0.179. The molecule has 1 aromatic rings. The Morgan fingerprint density at radius 1 is 1.21 bits per heavy atom. The van der Waals surface area contributed by atoms with Gasteiger partial charge in [-0.25, -0.2) is 0 Å². The summed E-state index contributed by atoms with van der Waals surface area (Å²) >= 11 is 0. The number of ether oxygens (including phenoxy) is 2. The second-order valence-electron chi connectivity index (χ2n) is 7.23. The minimum absolute atomic E-state index is 0.270. The molecule has 0 saturated carbocycles. The first-order valence-electron chi connectivity index (χ1n) is 9.43. The summed E-state index contributed by atoms with van der Waals surface area (Å²) < 4.78 is 49.7. The van der Waals surface area contributed by atoms with Gasteiger partial charge in [-0.3, -0.25) is 4.79 Å². The number of hydrogen-bond donors (Lipinski definition) is 2. The highest BCUT2D eigenvalue weighted by atomic mass is 19.4. The molecule has 3 atom stereocenters. The van der Waals surface area contributed by atoms with E-state index in [1.54, 1.807) is 18.2 Å². The molecule has 2 aliphatic rings. The lowest BCUT2D eigenvalue weighted by Gasteiger charge is -2.30. The van der Waals surface area contributed by atoms with E-state index in [1.807, 2.05) is 4.90 Å². The van der Waals surface area contributed by atoms with E-state index in [-0.39, 0.29) is 6.54 Å². The Bertz CT molecular complexity index is 692. The normalized spacial score (nSPS) is 20.5. The number of alkyl halides is 3. The summed E-state index contributed by atoms with van der Waals surface area (Å²) in [5, 5.41) is 13.3. The van der Waals surface area contributed by atoms with Crippen molar-refractivity contribution in [2.24, 2.45) is 5.92 Å². The second-order valence-corrected chi connectivity index (χ2v) is 7.23. The Morgan fingerprint density at radius 2 is 1.86 bits per heavy atom. The first-order valence-corrected chi connectivity index (χ1v) is 9.43. The van der Waals surface area contributed by atoms with Crippen molar-refractivity contribution in [2.45, 2.75) is 38.1 Å². The molecule has 0 bridgehead atoms. The van der Waals surface area contributed by atoms with Crippen LogP contribution in [0.15, 0.2) is 18.2 Å². The molecule has 1 amide bonds. The maximum absolute atomic E-state index is 12.9. The molecule has 3 rings (SSSR count). The van der Waals surface area contributed by atoms with E-state index in [0.29, 0.717) is 30.3 Å². The molecule has 1 fully saturated rings. The van der Waals surface area contributed by atoms with E-state index < -0.39 is 30.1 Å². The molecule has 1 unspecified atom stereocenters. The first-order chi connectivity index (χ1) is 13.3. The minimum atomic E-state index is -4.63. The van der Waals surface area contributed by atoms with Crippen LogP contribution >= 0.6 is 0 Å². The van der Waals surface area contributed by atoms with Gasteiger partial charge in [0, 0.05) is 6.54 Å². The largest absolute Gasteiger partial charge is 0.486 e. The number of benzene rings is 1. The Morgan fingerprint density at radius 3 is 2.50 bits per heavy atom. The third kappa shape index (κ3) is 4.88. The van der Waals surface area contributed by atoms with Gasteiger partial charge in [0.2, 0.25) is 5.91 Å². The lowest BCUT2D eigenvalue weighted by Crippen LogP contribution is -2.50. The molecule has 28 heavy (non-hydrogen) atoms. The molecule has 2 N–H and O–H groups in total. The molecule has 0 aliphatic carbocycles. The highest BCUT2D eigenvalue weighted by molar-refractivity contribution is 5.79. The third-order valence-corrected chi connectivity index (χ3v) is 5.15. The topological polar surface area (TPSA) is 71.0 Å². The second kappa shape index (κ2) is 8.57. The standard InChI is InChI=1S/C19H25F3N2O4/c1-12(19(20,21)22)18(26)23-14(11-24-6-2-3-7-24)17(25)13-4-5-15-16(10-13)28-9-8-27-15/h4-5,10,12,14,17,25H,2-3,6-9,11H2,1H3,(H,23,26)/t12?,14-,17-/m1/s1. The van der Waals surface area contributed by atoms with Crippen LogP contribution in [0.3, 0.4) is 0 Å². The number of nitrogens with one attached hydrogen (secondary N) is 1. The summed E-state index contributed by atoms with van der Waals surface area (Å²) in [5.74, 6) is -2.28. The average molecular weight is 402 g/mol. The van der Waals surface area contributed by atoms with E-state index in [2.05, 4.69) is 5.32 Å². The van der Waals surface area contributed by atoms with Crippen molar-refractivity contribution in [1.82, 2.24) is 10.2 Å². The van der Waals surface area contributed by atoms with Crippen LogP contribution in [0.4, 0.5) is 13.2 Å². The van der Waals surface area contributed by atoms with Gasteiger partial charge in [0.05, 0.1) is 6.04 Å². The zero-order valence-electron chi connectivity index (χ0n) is 15.7. The van der Waals surface area contributed by atoms with Crippen LogP contribution in [0.2, 0.25) is 0 Å². The van der Waals surface area contributed by atoms with Crippen LogP contribution in [0.5, 0.6) is 11.5 Å². The number of carbonyl (C=O) groups excluding carboxylic acids is 1. The quantitative estimate of drug-likeness (QED) is 0.764. The number of carbonyl (C=O) groups is 1. The highest BCUT2D eigenvalue weighted by Crippen LogP contribution is 2.34. The fourth-order valence-electron chi connectivity index (χ4n) is 3.40. The van der Waals surface area contributed by atoms with Gasteiger partial charge in [-0.1, -0.05) is 6.07 Å². The summed E-state index contributed by atoms with van der Waals surface area (Å²) in [6.07, 6.45) is -3.84. The fourth-order valence-corrected chi connectivity index (χ4v) is 3.40. The van der Waals surface area contributed by atoms with Gasteiger partial charge in [-0.15, -0.1) is 0 Å². The number of aliphatic hydroxyl groups is 1. The summed E-state index contributed by atoms with van der Waals surface area (Å²) in [6.45, 7) is 3.47. The summed E-state index contributed by atoms with van der Waals surface area (Å²) in [7, 11) is 0. The Balaban J connectivity index is 1.78. The van der Waals surface area contributed by atoms with Crippen LogP contribution in [0, 0.1) is 5.92 Å². The molecule has 0 aromatic heterocycles. The number of likely N-dealkylation sites (tertiary alicyclic amines) is 1. The molecule has 156 valence electrons. The van der Waals surface area contributed by atoms with Crippen molar-refractivity contribution in [2.75, 3.05) is 32.8 Å². The van der Waals surface area contributed by atoms with Crippen LogP contribution in [-0.2, 0) is 4.79 Å². The van der Waals surface area contributed by atoms with Gasteiger partial charge in [0.25, 0.3) is 0 Å². The monoisotopic (exact) mass is 402 g/mol. The van der Waals surface area contributed by atoms with E-state index in [0.717, 1.165) is 32.9 Å². The predicted octanol–water partition coefficient (Wildman–Crippen LogP) is 2.27. The number of rotatable bonds is 6. The van der Waals surface area contributed by atoms with Gasteiger partial charge in [0.15, 0.2) is 11.5 Å². The third-order valence-electron chi connectivity index (χ3n) is 5.15. The average Bonchev–Trinajstić information content (AvgIpc) is 3.18. The van der Waals surface area contributed by atoms with Crippen LogP contribution in [-0.4, -0.2) is 61.0 Å². The number of aliphatic hydroxyl groups excluding tert-OH is 1. The van der Waals surface area contributed by atoms with Crippen LogP contribution in [0.25, 0.3) is 0 Å². The Hall–Kier alpha value is -2.00. The van der Waals surface area contributed by atoms with Crippen LogP contribution in [0.1, 0.15) is 31.4 Å². The van der Waals surface area contributed by atoms with Gasteiger partial charge in [0.1, 0.15) is 25.2 Å². The zero-order chi connectivity index (χ0) is 20.3. The van der Waals surface area contributed by atoms with E-state index in [1.165, 1.54) is 0 Å². The van der Waals surface area contributed by atoms with Crippen LogP contribution < -0.4 is 14.8 Å². The van der Waals surface area contributed by atoms with E-state index >= 15 is 0 Å². The summed E-state index contributed by atoms with van der Waals surface area (Å²) in [6, 6.07) is 4.02. The smallest absolute Gasteiger partial charge is 0.400 e. The van der Waals surface area contributed by atoms with Crippen molar-refractivity contribution in [3.05, 3.63) is 23.8 Å². The molecule has 0 spiro atoms. The molecule has 6 nitrogen and oxygen atoms in total. The van der Waals surface area contributed by atoms with E-state index in [9.17, 15) is 23.1 Å². The van der Waals surface area contributed by atoms with Crippen molar-refractivity contribution < 1.29 is 32.5 Å². The Labute approximate surface area is 161 Å². The SMILES string of the molecule is CC(C(=O)N[C@H](CN1CCCC1)[C@H](O)c1ccc2c(c1)OCCO2)C(F)(F)F. The van der Waals surface area contributed by atoms with Crippen molar-refractivity contribution >= 4 is 5.91 Å². The maximum Gasteiger partial charge on any atom is 0.400 e. The number of nitrogens with zero attached hydrogens (tertiary/aromatic N) is 1. The maximum atomic E-state index is 12.9. The minimum Gasteiger partial charge on any atom is -0.486 e. The van der Waals surface area contributed by atoms with Crippen molar-refractivity contribution in [3.63, 3.8) is 0 Å². The number of fused-ring (bicyclic) bond motifs is 1. The molecule has 9 heteroatoms. The van der Waals surface area contributed by atoms with Gasteiger partial charge < -0.3 is 24.8 Å². The lowest BCUT2D eigenvalue weighted by atomic mass is 10.00. The molecule has 2 heterocycles. The molecule has 2 aliphatic heterocycles. The number of hydrogen-bond acceptors (Lipinski definition) is 5. The van der Waals surface area contributed by atoms with Gasteiger partial charge in [-0.2, -0.15) is 13.2 Å². The Kier molecular flexibility index (Phi) is 6.34. The molecular weight excluding hydrogens is 377 g/mol. The highest BCUT2D eigenvalue weighted by Gasteiger charge is 2.42. The predicted molar refractivity (Wildman–Crippen MR) is 95.2 cm³/mol. The van der Waals surface area contributed by atoms with Crippen molar-refractivity contribution in [3.8, 4) is 11.5 Å². The summed E-state index contributed by atoms with van der Waals surface area (Å²) in [5.41, 5.74) is 0.452. The molecule has 1 aromatic carbocycles. The number of halogens is 3. The fraction of sp³-hybridized carbons (Fsp3) is 0.632. The number of amides is 1. The van der Waals surface area contributed by atoms with E-state index in [4.69, 9.17) is 9.47 Å². The zero-order valence-corrected chi connectivity index (χ0v) is 15.7.